The Balaban J connectivity index is 2.05. The van der Waals surface area contributed by atoms with Crippen molar-refractivity contribution in [3.63, 3.8) is 0 Å². The molecule has 1 aliphatic carbocycles. The van der Waals surface area contributed by atoms with Crippen LogP contribution in [0.3, 0.4) is 0 Å². The third kappa shape index (κ3) is 2.14. The number of rotatable bonds is 3. The van der Waals surface area contributed by atoms with Gasteiger partial charge in [0, 0.05) is 11.4 Å². The Morgan fingerprint density at radius 2 is 2.00 bits per heavy atom. The van der Waals surface area contributed by atoms with Crippen LogP contribution in [-0.4, -0.2) is 22.4 Å². The summed E-state index contributed by atoms with van der Waals surface area (Å²) in [4.78, 5) is 11.9. The van der Waals surface area contributed by atoms with Gasteiger partial charge < -0.3 is 10.4 Å². The Hall–Kier alpha value is -1.22. The lowest BCUT2D eigenvalue weighted by atomic mass is 9.78. The zero-order valence-electron chi connectivity index (χ0n) is 8.87. The molecular formula is C12H14ClNO2. The summed E-state index contributed by atoms with van der Waals surface area (Å²) in [6.07, 6.45) is 3.00. The van der Waals surface area contributed by atoms with Crippen molar-refractivity contribution < 1.29 is 9.90 Å². The molecule has 1 amide bonds. The van der Waals surface area contributed by atoms with Gasteiger partial charge in [0.25, 0.3) is 5.91 Å². The molecule has 3 nitrogen and oxygen atoms in total. The van der Waals surface area contributed by atoms with Gasteiger partial charge >= 0.3 is 0 Å². The van der Waals surface area contributed by atoms with E-state index < -0.39 is 0 Å². The number of alkyl halides is 1. The molecule has 0 saturated heterocycles. The molecule has 86 valence electrons. The number of benzene rings is 1. The summed E-state index contributed by atoms with van der Waals surface area (Å²) < 4.78 is 0. The first kappa shape index (κ1) is 11.3. The Morgan fingerprint density at radius 3 is 2.44 bits per heavy atom. The predicted molar refractivity (Wildman–Crippen MR) is 62.9 cm³/mol. The molecule has 0 bridgehead atoms. The summed E-state index contributed by atoms with van der Waals surface area (Å²) in [7, 11) is 0. The molecule has 0 aliphatic heterocycles. The molecule has 1 aromatic carbocycles. The number of halogens is 1. The second kappa shape index (κ2) is 4.34. The Morgan fingerprint density at radius 1 is 1.38 bits per heavy atom. The summed E-state index contributed by atoms with van der Waals surface area (Å²) in [5, 5.41) is 12.1. The van der Waals surface area contributed by atoms with Crippen molar-refractivity contribution in [2.45, 2.75) is 24.8 Å². The van der Waals surface area contributed by atoms with Crippen molar-refractivity contribution in [1.82, 2.24) is 5.32 Å². The summed E-state index contributed by atoms with van der Waals surface area (Å²) >= 11 is 5.86. The molecule has 0 atom stereocenters. The van der Waals surface area contributed by atoms with Crippen LogP contribution in [0.4, 0.5) is 0 Å². The van der Waals surface area contributed by atoms with Crippen LogP contribution in [0.5, 0.6) is 5.75 Å². The Bertz CT molecular complexity index is 379. The molecule has 1 saturated carbocycles. The molecule has 0 radical (unpaired) electrons. The zero-order valence-corrected chi connectivity index (χ0v) is 9.63. The van der Waals surface area contributed by atoms with Gasteiger partial charge in [0.1, 0.15) is 5.75 Å². The standard InChI is InChI=1S/C12H14ClNO2/c13-8-12(6-1-7-12)14-11(16)9-2-4-10(15)5-3-9/h2-5,15H,1,6-8H2,(H,14,16). The van der Waals surface area contributed by atoms with E-state index in [0.29, 0.717) is 11.4 Å². The third-order valence-electron chi connectivity index (χ3n) is 3.07. The maximum Gasteiger partial charge on any atom is 0.251 e. The molecule has 0 aromatic heterocycles. The summed E-state index contributed by atoms with van der Waals surface area (Å²) in [5.74, 6) is 0.490. The minimum Gasteiger partial charge on any atom is -0.508 e. The number of hydrogen-bond donors (Lipinski definition) is 2. The first-order valence-corrected chi connectivity index (χ1v) is 5.86. The summed E-state index contributed by atoms with van der Waals surface area (Å²) in [5.41, 5.74) is 0.338. The van der Waals surface area contributed by atoms with E-state index in [1.807, 2.05) is 0 Å². The lowest BCUT2D eigenvalue weighted by Gasteiger charge is -2.41. The van der Waals surface area contributed by atoms with Crippen molar-refractivity contribution in [2.75, 3.05) is 5.88 Å². The fourth-order valence-electron chi connectivity index (χ4n) is 1.82. The molecule has 16 heavy (non-hydrogen) atoms. The highest BCUT2D eigenvalue weighted by molar-refractivity contribution is 6.19. The normalized spacial score (nSPS) is 17.6. The van der Waals surface area contributed by atoms with Gasteiger partial charge in [-0.2, -0.15) is 0 Å². The first-order valence-electron chi connectivity index (χ1n) is 5.33. The van der Waals surface area contributed by atoms with E-state index in [-0.39, 0.29) is 17.2 Å². The molecule has 1 aromatic rings. The van der Waals surface area contributed by atoms with E-state index >= 15 is 0 Å². The number of carbonyl (C=O) groups excluding carboxylic acids is 1. The van der Waals surface area contributed by atoms with Crippen LogP contribution in [0.2, 0.25) is 0 Å². The monoisotopic (exact) mass is 239 g/mol. The molecule has 0 spiro atoms. The quantitative estimate of drug-likeness (QED) is 0.796. The van der Waals surface area contributed by atoms with Crippen LogP contribution in [0.25, 0.3) is 0 Å². The van der Waals surface area contributed by atoms with E-state index in [2.05, 4.69) is 5.32 Å². The van der Waals surface area contributed by atoms with Crippen LogP contribution in [-0.2, 0) is 0 Å². The van der Waals surface area contributed by atoms with Crippen LogP contribution >= 0.6 is 11.6 Å². The highest BCUT2D eigenvalue weighted by atomic mass is 35.5. The lowest BCUT2D eigenvalue weighted by molar-refractivity contribution is 0.0854. The average Bonchev–Trinajstić information content (AvgIpc) is 2.24. The maximum absolute atomic E-state index is 11.9. The molecule has 0 unspecified atom stereocenters. The van der Waals surface area contributed by atoms with Gasteiger partial charge in [-0.1, -0.05) is 0 Å². The lowest BCUT2D eigenvalue weighted by Crippen LogP contribution is -2.54. The van der Waals surface area contributed by atoms with E-state index in [4.69, 9.17) is 16.7 Å². The molecule has 2 N–H and O–H groups in total. The summed E-state index contributed by atoms with van der Waals surface area (Å²) in [6, 6.07) is 6.21. The molecular weight excluding hydrogens is 226 g/mol. The van der Waals surface area contributed by atoms with Crippen LogP contribution in [0.15, 0.2) is 24.3 Å². The number of phenols is 1. The van der Waals surface area contributed by atoms with E-state index in [9.17, 15) is 4.79 Å². The molecule has 0 heterocycles. The van der Waals surface area contributed by atoms with Gasteiger partial charge in [0.05, 0.1) is 5.54 Å². The van der Waals surface area contributed by atoms with Crippen LogP contribution in [0.1, 0.15) is 29.6 Å². The first-order chi connectivity index (χ1) is 7.65. The van der Waals surface area contributed by atoms with E-state index in [1.54, 1.807) is 12.1 Å². The van der Waals surface area contributed by atoms with Gasteiger partial charge in [-0.25, -0.2) is 0 Å². The third-order valence-corrected chi connectivity index (χ3v) is 3.59. The van der Waals surface area contributed by atoms with E-state index in [0.717, 1.165) is 19.3 Å². The number of phenolic OH excluding ortho intramolecular Hbond substituents is 1. The number of aromatic hydroxyl groups is 1. The van der Waals surface area contributed by atoms with Crippen LogP contribution in [0, 0.1) is 0 Å². The Kier molecular flexibility index (Phi) is 3.06. The number of amides is 1. The predicted octanol–water partition coefficient (Wildman–Crippen LogP) is 2.28. The highest BCUT2D eigenvalue weighted by Crippen LogP contribution is 2.33. The van der Waals surface area contributed by atoms with Crippen molar-refractivity contribution in [1.29, 1.82) is 0 Å². The van der Waals surface area contributed by atoms with Gasteiger partial charge in [-0.15, -0.1) is 11.6 Å². The van der Waals surface area contributed by atoms with Crippen LogP contribution < -0.4 is 5.32 Å². The summed E-state index contributed by atoms with van der Waals surface area (Å²) in [6.45, 7) is 0. The number of hydrogen-bond acceptors (Lipinski definition) is 2. The molecule has 4 heteroatoms. The zero-order chi connectivity index (χ0) is 11.6. The second-order valence-corrected chi connectivity index (χ2v) is 4.54. The average molecular weight is 240 g/mol. The van der Waals surface area contributed by atoms with Crippen molar-refractivity contribution in [2.24, 2.45) is 0 Å². The largest absolute Gasteiger partial charge is 0.508 e. The van der Waals surface area contributed by atoms with Crippen molar-refractivity contribution >= 4 is 17.5 Å². The van der Waals surface area contributed by atoms with Gasteiger partial charge in [0.2, 0.25) is 0 Å². The fourth-order valence-corrected chi connectivity index (χ4v) is 2.16. The minimum atomic E-state index is -0.212. The fraction of sp³-hybridized carbons (Fsp3) is 0.417. The van der Waals surface area contributed by atoms with Gasteiger partial charge in [-0.05, 0) is 43.5 Å². The van der Waals surface area contributed by atoms with E-state index in [1.165, 1.54) is 12.1 Å². The molecule has 2 rings (SSSR count). The second-order valence-electron chi connectivity index (χ2n) is 4.27. The number of nitrogens with one attached hydrogen (secondary N) is 1. The Labute approximate surface area is 99.4 Å². The van der Waals surface area contributed by atoms with Gasteiger partial charge in [-0.3, -0.25) is 4.79 Å². The topological polar surface area (TPSA) is 49.3 Å². The molecule has 1 aliphatic rings. The van der Waals surface area contributed by atoms with Gasteiger partial charge in [0.15, 0.2) is 0 Å². The molecule has 1 fully saturated rings. The highest BCUT2D eigenvalue weighted by Gasteiger charge is 2.37. The SMILES string of the molecule is O=C(NC1(CCl)CCC1)c1ccc(O)cc1. The maximum atomic E-state index is 11.9. The minimum absolute atomic E-state index is 0.125. The number of carbonyl (C=O) groups is 1. The van der Waals surface area contributed by atoms with Crippen molar-refractivity contribution in [3.05, 3.63) is 29.8 Å². The smallest absolute Gasteiger partial charge is 0.251 e. The van der Waals surface area contributed by atoms with Crippen molar-refractivity contribution in [3.8, 4) is 5.75 Å².